The van der Waals surface area contributed by atoms with E-state index < -0.39 is 0 Å². The van der Waals surface area contributed by atoms with Gasteiger partial charge >= 0.3 is 0 Å². The first-order valence-electron chi connectivity index (χ1n) is 6.16. The van der Waals surface area contributed by atoms with E-state index >= 15 is 0 Å². The molecule has 17 heavy (non-hydrogen) atoms. The quantitative estimate of drug-likeness (QED) is 0.847. The third-order valence-electron chi connectivity index (χ3n) is 3.59. The number of aromatic nitrogens is 2. The number of hydrogen-bond donors (Lipinski definition) is 0. The number of pyridine rings is 1. The maximum Gasteiger partial charge on any atom is 0.130 e. The molecule has 1 aliphatic rings. The Kier molecular flexibility index (Phi) is 2.92. The van der Waals surface area contributed by atoms with Crippen molar-refractivity contribution < 1.29 is 0 Å². The van der Waals surface area contributed by atoms with Gasteiger partial charge in [-0.25, -0.2) is 4.98 Å². The summed E-state index contributed by atoms with van der Waals surface area (Å²) in [6.07, 6.45) is 6.58. The van der Waals surface area contributed by atoms with Gasteiger partial charge in [-0.05, 0) is 54.0 Å². The number of fused-ring (bicyclic) bond motifs is 1. The van der Waals surface area contributed by atoms with Crippen LogP contribution in [0.2, 0.25) is 0 Å². The van der Waals surface area contributed by atoms with Gasteiger partial charge in [0.2, 0.25) is 0 Å². The highest BCUT2D eigenvalue weighted by Crippen LogP contribution is 2.31. The smallest absolute Gasteiger partial charge is 0.130 e. The van der Waals surface area contributed by atoms with E-state index in [2.05, 4.69) is 55.5 Å². The van der Waals surface area contributed by atoms with Crippen molar-refractivity contribution in [3.05, 3.63) is 34.8 Å². The van der Waals surface area contributed by atoms with E-state index in [4.69, 9.17) is 0 Å². The van der Waals surface area contributed by atoms with Crippen LogP contribution < -0.4 is 0 Å². The molecular formula is C13H16BrN3. The Hall–Kier alpha value is -0.870. The van der Waals surface area contributed by atoms with E-state index in [1.807, 2.05) is 6.20 Å². The summed E-state index contributed by atoms with van der Waals surface area (Å²) >= 11 is 3.53. The van der Waals surface area contributed by atoms with Crippen LogP contribution in [0.1, 0.15) is 31.6 Å². The van der Waals surface area contributed by atoms with E-state index in [1.54, 1.807) is 0 Å². The number of halogens is 1. The first-order valence-corrected chi connectivity index (χ1v) is 6.95. The molecule has 1 aliphatic heterocycles. The average Bonchev–Trinajstić information content (AvgIpc) is 2.93. The Morgan fingerprint density at radius 2 is 2.35 bits per heavy atom. The maximum absolute atomic E-state index is 4.62. The van der Waals surface area contributed by atoms with Crippen molar-refractivity contribution >= 4 is 21.4 Å². The minimum atomic E-state index is 0.483. The predicted molar refractivity (Wildman–Crippen MR) is 72.1 cm³/mol. The molecule has 0 spiro atoms. The van der Waals surface area contributed by atoms with Crippen LogP contribution in [0.15, 0.2) is 29.0 Å². The Morgan fingerprint density at radius 1 is 1.47 bits per heavy atom. The molecule has 0 aliphatic carbocycles. The van der Waals surface area contributed by atoms with Crippen molar-refractivity contribution in [2.75, 3.05) is 13.1 Å². The summed E-state index contributed by atoms with van der Waals surface area (Å²) in [6, 6.07) is 4.65. The fourth-order valence-electron chi connectivity index (χ4n) is 2.73. The molecule has 2 aromatic heterocycles. The predicted octanol–water partition coefficient (Wildman–Crippen LogP) is 3.25. The van der Waals surface area contributed by atoms with Crippen molar-refractivity contribution in [1.82, 2.24) is 14.3 Å². The number of nitrogens with zero attached hydrogens (tertiary/aromatic N) is 3. The lowest BCUT2D eigenvalue weighted by Crippen LogP contribution is -2.24. The Bertz CT molecular complexity index is 534. The van der Waals surface area contributed by atoms with Gasteiger partial charge in [-0.3, -0.25) is 4.90 Å². The first-order chi connectivity index (χ1) is 8.29. The zero-order chi connectivity index (χ0) is 11.8. The lowest BCUT2D eigenvalue weighted by atomic mass is 10.2. The topological polar surface area (TPSA) is 20.5 Å². The van der Waals surface area contributed by atoms with Crippen molar-refractivity contribution in [2.45, 2.75) is 25.8 Å². The monoisotopic (exact) mass is 293 g/mol. The van der Waals surface area contributed by atoms with Crippen LogP contribution in [0.25, 0.3) is 5.52 Å². The summed E-state index contributed by atoms with van der Waals surface area (Å²) in [5, 5.41) is 0. The molecule has 0 saturated carbocycles. The van der Waals surface area contributed by atoms with Crippen LogP contribution in [-0.4, -0.2) is 27.4 Å². The minimum Gasteiger partial charge on any atom is -0.301 e. The van der Waals surface area contributed by atoms with Gasteiger partial charge in [0, 0.05) is 10.7 Å². The highest BCUT2D eigenvalue weighted by Gasteiger charge is 2.27. The molecule has 1 unspecified atom stereocenters. The zero-order valence-corrected chi connectivity index (χ0v) is 11.5. The molecular weight excluding hydrogens is 278 g/mol. The molecule has 1 fully saturated rings. The number of imidazole rings is 1. The molecule has 0 radical (unpaired) electrons. The Labute approximate surface area is 110 Å². The van der Waals surface area contributed by atoms with Crippen LogP contribution >= 0.6 is 15.9 Å². The van der Waals surface area contributed by atoms with Crippen LogP contribution in [0.4, 0.5) is 0 Å². The number of hydrogen-bond acceptors (Lipinski definition) is 2. The van der Waals surface area contributed by atoms with Gasteiger partial charge in [0.25, 0.3) is 0 Å². The lowest BCUT2D eigenvalue weighted by Gasteiger charge is -2.21. The van der Waals surface area contributed by atoms with Gasteiger partial charge in [0.15, 0.2) is 0 Å². The van der Waals surface area contributed by atoms with Crippen molar-refractivity contribution in [1.29, 1.82) is 0 Å². The maximum atomic E-state index is 4.62. The molecule has 3 heterocycles. The van der Waals surface area contributed by atoms with E-state index in [1.165, 1.54) is 30.7 Å². The van der Waals surface area contributed by atoms with E-state index in [0.717, 1.165) is 11.0 Å². The second kappa shape index (κ2) is 4.42. The Morgan fingerprint density at radius 3 is 3.18 bits per heavy atom. The molecule has 0 aromatic carbocycles. The highest BCUT2D eigenvalue weighted by molar-refractivity contribution is 9.10. The van der Waals surface area contributed by atoms with Crippen molar-refractivity contribution in [2.24, 2.45) is 0 Å². The summed E-state index contributed by atoms with van der Waals surface area (Å²) < 4.78 is 3.31. The minimum absolute atomic E-state index is 0.483. The van der Waals surface area contributed by atoms with E-state index in [9.17, 15) is 0 Å². The van der Waals surface area contributed by atoms with Gasteiger partial charge in [-0.15, -0.1) is 0 Å². The van der Waals surface area contributed by atoms with Crippen LogP contribution in [0, 0.1) is 0 Å². The fraction of sp³-hybridized carbons (Fsp3) is 0.462. The van der Waals surface area contributed by atoms with E-state index in [0.29, 0.717) is 6.04 Å². The van der Waals surface area contributed by atoms with Crippen molar-refractivity contribution in [3.8, 4) is 0 Å². The average molecular weight is 294 g/mol. The molecule has 0 N–H and O–H groups in total. The van der Waals surface area contributed by atoms with Gasteiger partial charge in [0.05, 0.1) is 17.8 Å². The number of likely N-dealkylation sites (tertiary alicyclic amines) is 1. The molecule has 3 rings (SSSR count). The molecule has 1 saturated heterocycles. The first kappa shape index (κ1) is 11.2. The summed E-state index contributed by atoms with van der Waals surface area (Å²) in [5.41, 5.74) is 1.17. The van der Waals surface area contributed by atoms with Gasteiger partial charge < -0.3 is 4.40 Å². The summed E-state index contributed by atoms with van der Waals surface area (Å²) in [7, 11) is 0. The Balaban J connectivity index is 2.07. The van der Waals surface area contributed by atoms with Crippen LogP contribution in [-0.2, 0) is 0 Å². The third kappa shape index (κ3) is 1.89. The SMILES string of the molecule is CCN1CCCC1c1ncc2ccc(Br)cn12. The third-order valence-corrected chi connectivity index (χ3v) is 4.06. The second-order valence-electron chi connectivity index (χ2n) is 4.55. The highest BCUT2D eigenvalue weighted by atomic mass is 79.9. The van der Waals surface area contributed by atoms with E-state index in [-0.39, 0.29) is 0 Å². The lowest BCUT2D eigenvalue weighted by molar-refractivity contribution is 0.261. The molecule has 3 nitrogen and oxygen atoms in total. The fourth-order valence-corrected chi connectivity index (χ4v) is 3.06. The molecule has 2 aromatic rings. The van der Waals surface area contributed by atoms with Gasteiger partial charge in [0.1, 0.15) is 5.82 Å². The van der Waals surface area contributed by atoms with Crippen molar-refractivity contribution in [3.63, 3.8) is 0 Å². The molecule has 0 amide bonds. The summed E-state index contributed by atoms with van der Waals surface area (Å²) in [5.74, 6) is 1.18. The molecule has 0 bridgehead atoms. The second-order valence-corrected chi connectivity index (χ2v) is 5.46. The molecule has 90 valence electrons. The largest absolute Gasteiger partial charge is 0.301 e. The van der Waals surface area contributed by atoms with Gasteiger partial charge in [-0.2, -0.15) is 0 Å². The molecule has 4 heteroatoms. The zero-order valence-electron chi connectivity index (χ0n) is 9.93. The van der Waals surface area contributed by atoms with Gasteiger partial charge in [-0.1, -0.05) is 6.92 Å². The number of rotatable bonds is 2. The summed E-state index contributed by atoms with van der Waals surface area (Å²) in [4.78, 5) is 7.13. The van der Waals surface area contributed by atoms with Crippen LogP contribution in [0.3, 0.4) is 0 Å². The normalized spacial score (nSPS) is 21.4. The molecule has 1 atom stereocenters. The standard InChI is InChI=1S/C13H16BrN3/c1-2-16-7-3-4-12(16)13-15-8-11-6-5-10(14)9-17(11)13/h5-6,8-9,12H,2-4,7H2,1H3. The van der Waals surface area contributed by atoms with Crippen LogP contribution in [0.5, 0.6) is 0 Å². The summed E-state index contributed by atoms with van der Waals surface area (Å²) in [6.45, 7) is 4.53.